The van der Waals surface area contributed by atoms with E-state index in [-0.39, 0.29) is 60.2 Å². The minimum absolute atomic E-state index is 0.00360. The zero-order chi connectivity index (χ0) is 48.8. The summed E-state index contributed by atoms with van der Waals surface area (Å²) in [6.45, 7) is 11.7. The number of likely N-dealkylation sites (N-methyl/N-ethyl adjacent to an activating group) is 1. The number of anilines is 5. The van der Waals surface area contributed by atoms with Gasteiger partial charge in [0.25, 0.3) is 11.8 Å². The summed E-state index contributed by atoms with van der Waals surface area (Å²) in [5, 5.41) is 19.2. The zero-order valence-corrected chi connectivity index (χ0v) is 41.2. The largest absolute Gasteiger partial charge is 0.495 e. The third-order valence-corrected chi connectivity index (χ3v) is 15.3. The number of amides is 3. The summed E-state index contributed by atoms with van der Waals surface area (Å²) in [5.41, 5.74) is 1.77. The van der Waals surface area contributed by atoms with E-state index in [0.717, 1.165) is 70.3 Å². The lowest BCUT2D eigenvalue weighted by molar-refractivity contribution is -0.164. The molecule has 3 aliphatic carbocycles. The SMILES string of the molecule is CC[C@@H]1C(=O)N(C)c2cnc(Nc3ccc(C(=O)NC4CC(OC5CCN(c6ncc(C(=O)NC7C(C)(C)C(Oc8ccc(C#N)c(Cl)c8)C7(C)C)cn6)CC5)C4)cc3OC)nc2N1C1CCCC1. The number of carbonyl (C=O) groups excluding carboxylic acids is 3. The lowest BCUT2D eigenvalue weighted by Crippen LogP contribution is -2.74. The second-order valence-electron chi connectivity index (χ2n) is 20.3. The maximum Gasteiger partial charge on any atom is 0.254 e. The van der Waals surface area contributed by atoms with Gasteiger partial charge in [-0.15, -0.1) is 0 Å². The number of ether oxygens (including phenoxy) is 3. The van der Waals surface area contributed by atoms with Crippen LogP contribution in [0.5, 0.6) is 11.5 Å². The van der Waals surface area contributed by atoms with E-state index in [1.165, 1.54) is 0 Å². The molecule has 5 aliphatic rings. The molecule has 2 aromatic carbocycles. The second kappa shape index (κ2) is 19.3. The Balaban J connectivity index is 0.720. The summed E-state index contributed by atoms with van der Waals surface area (Å²) in [5.74, 6) is 2.41. The molecule has 3 amide bonds. The number of nitriles is 1. The van der Waals surface area contributed by atoms with Gasteiger partial charge in [0.2, 0.25) is 17.8 Å². The highest BCUT2D eigenvalue weighted by Crippen LogP contribution is 2.55. The van der Waals surface area contributed by atoms with Gasteiger partial charge in [-0.3, -0.25) is 14.4 Å². The third kappa shape index (κ3) is 9.33. The number of piperidine rings is 1. The molecule has 4 fully saturated rings. The molecule has 2 aliphatic heterocycles. The van der Waals surface area contributed by atoms with Crippen molar-refractivity contribution in [2.45, 2.75) is 135 Å². The summed E-state index contributed by atoms with van der Waals surface area (Å²) >= 11 is 6.26. The average molecular weight is 961 g/mol. The summed E-state index contributed by atoms with van der Waals surface area (Å²) in [4.78, 5) is 64.8. The summed E-state index contributed by atoms with van der Waals surface area (Å²) in [7, 11) is 3.35. The number of halogens is 1. The van der Waals surface area contributed by atoms with Gasteiger partial charge in [-0.05, 0) is 75.3 Å². The normalized spacial score (nSPS) is 24.1. The molecule has 4 aromatic rings. The van der Waals surface area contributed by atoms with Crippen molar-refractivity contribution in [2.24, 2.45) is 10.8 Å². The van der Waals surface area contributed by atoms with E-state index in [0.29, 0.717) is 62.9 Å². The molecule has 3 N–H and O–H groups in total. The molecule has 3 saturated carbocycles. The molecule has 69 heavy (non-hydrogen) atoms. The molecule has 0 unspecified atom stereocenters. The molecule has 1 atom stereocenters. The predicted molar refractivity (Wildman–Crippen MR) is 263 cm³/mol. The van der Waals surface area contributed by atoms with Crippen molar-refractivity contribution >= 4 is 58.4 Å². The van der Waals surface area contributed by atoms with Crippen LogP contribution in [-0.4, -0.2) is 107 Å². The summed E-state index contributed by atoms with van der Waals surface area (Å²) < 4.78 is 18.6. The monoisotopic (exact) mass is 959 g/mol. The molecule has 17 nitrogen and oxygen atoms in total. The average Bonchev–Trinajstić information content (AvgIpc) is 3.87. The number of methoxy groups -OCH3 is 1. The van der Waals surface area contributed by atoms with Crippen molar-refractivity contribution in [3.8, 4) is 17.6 Å². The number of hydrogen-bond donors (Lipinski definition) is 3. The highest BCUT2D eigenvalue weighted by Gasteiger charge is 2.64. The van der Waals surface area contributed by atoms with Gasteiger partial charge >= 0.3 is 0 Å². The van der Waals surface area contributed by atoms with Crippen LogP contribution in [0.3, 0.4) is 0 Å². The molecule has 18 heteroatoms. The maximum absolute atomic E-state index is 13.5. The minimum atomic E-state index is -0.400. The number of nitrogens with one attached hydrogen (secondary N) is 3. The molecule has 9 rings (SSSR count). The van der Waals surface area contributed by atoms with E-state index in [2.05, 4.69) is 74.5 Å². The molecule has 0 radical (unpaired) electrons. The number of carbonyl (C=O) groups is 3. The van der Waals surface area contributed by atoms with E-state index in [4.69, 9.17) is 30.8 Å². The van der Waals surface area contributed by atoms with E-state index >= 15 is 0 Å². The van der Waals surface area contributed by atoms with Crippen molar-refractivity contribution in [3.05, 3.63) is 76.7 Å². The highest BCUT2D eigenvalue weighted by molar-refractivity contribution is 6.31. The molecular formula is C51H62ClN11O6. The number of nitrogens with zero attached hydrogens (tertiary/aromatic N) is 8. The van der Waals surface area contributed by atoms with E-state index < -0.39 is 10.8 Å². The minimum Gasteiger partial charge on any atom is -0.495 e. The fourth-order valence-electron chi connectivity index (χ4n) is 11.4. The van der Waals surface area contributed by atoms with Crippen molar-refractivity contribution in [1.82, 2.24) is 30.6 Å². The quantitative estimate of drug-likeness (QED) is 0.112. The maximum atomic E-state index is 13.5. The molecule has 364 valence electrons. The Hall–Kier alpha value is -6.25. The third-order valence-electron chi connectivity index (χ3n) is 15.0. The lowest BCUT2D eigenvalue weighted by atomic mass is 9.49. The van der Waals surface area contributed by atoms with Gasteiger partial charge < -0.3 is 44.9 Å². The number of hydrogen-bond acceptors (Lipinski definition) is 14. The highest BCUT2D eigenvalue weighted by atomic mass is 35.5. The molecule has 0 spiro atoms. The molecule has 4 heterocycles. The van der Waals surface area contributed by atoms with Crippen LogP contribution in [0, 0.1) is 22.2 Å². The van der Waals surface area contributed by atoms with Crippen LogP contribution < -0.4 is 40.1 Å². The number of aromatic nitrogens is 4. The van der Waals surface area contributed by atoms with E-state index in [1.807, 2.05) is 6.92 Å². The smallest absolute Gasteiger partial charge is 0.254 e. The first-order valence-corrected chi connectivity index (χ1v) is 24.6. The van der Waals surface area contributed by atoms with Crippen LogP contribution in [0.2, 0.25) is 5.02 Å². The second-order valence-corrected chi connectivity index (χ2v) is 20.7. The van der Waals surface area contributed by atoms with Crippen molar-refractivity contribution < 1.29 is 28.6 Å². The van der Waals surface area contributed by atoms with Crippen molar-refractivity contribution in [3.63, 3.8) is 0 Å². The Morgan fingerprint density at radius 3 is 2.25 bits per heavy atom. The predicted octanol–water partition coefficient (Wildman–Crippen LogP) is 7.61. The number of fused-ring (bicyclic) bond motifs is 1. The fraction of sp³-hybridized carbons (Fsp3) is 0.529. The van der Waals surface area contributed by atoms with Crippen LogP contribution in [0.1, 0.15) is 119 Å². The standard InChI is InChI=1S/C51H62ClN11O6/c1-8-39-45(66)61(6)40-28-54-48(59-42(40)63(39)33-11-9-10-12-33)58-38-16-14-29(21-41(38)67-7)43(64)57-32-22-36(23-32)68-34-17-19-62(20-18-34)49-55-26-31(27-56-49)44(65)60-46-50(2,3)47(51(46,4)5)69-35-15-13-30(25-53)37(52)24-35/h13-16,21,24,26-28,32-34,36,39,46-47H,8-12,17-20,22-23H2,1-7H3,(H,57,64)(H,60,65)(H,54,58,59)/t32?,36?,39-,46?,47?/m1/s1. The van der Waals surface area contributed by atoms with Crippen molar-refractivity contribution in [1.29, 1.82) is 5.26 Å². The van der Waals surface area contributed by atoms with Gasteiger partial charge in [-0.2, -0.15) is 10.2 Å². The molecular weight excluding hydrogens is 898 g/mol. The van der Waals surface area contributed by atoms with Gasteiger partial charge in [-0.1, -0.05) is 59.1 Å². The van der Waals surface area contributed by atoms with Gasteiger partial charge in [0.1, 0.15) is 35.4 Å². The molecule has 1 saturated heterocycles. The van der Waals surface area contributed by atoms with Crippen LogP contribution in [0.4, 0.5) is 29.1 Å². The van der Waals surface area contributed by atoms with E-state index in [1.54, 1.807) is 74.0 Å². The van der Waals surface area contributed by atoms with Gasteiger partial charge in [0, 0.05) is 73.1 Å². The Bertz CT molecular complexity index is 2610. The Kier molecular flexibility index (Phi) is 13.3. The van der Waals surface area contributed by atoms with Crippen LogP contribution in [0.15, 0.2) is 55.0 Å². The first-order chi connectivity index (χ1) is 33.1. The Morgan fingerprint density at radius 2 is 1.59 bits per heavy atom. The van der Waals surface area contributed by atoms with Crippen LogP contribution >= 0.6 is 11.6 Å². The van der Waals surface area contributed by atoms with Crippen molar-refractivity contribution in [2.75, 3.05) is 47.3 Å². The topological polar surface area (TPSA) is 200 Å². The first-order valence-electron chi connectivity index (χ1n) is 24.2. The van der Waals surface area contributed by atoms with Gasteiger partial charge in [0.05, 0.1) is 47.4 Å². The summed E-state index contributed by atoms with van der Waals surface area (Å²) in [6.07, 6.45) is 12.9. The van der Waals surface area contributed by atoms with Crippen LogP contribution in [0.25, 0.3) is 0 Å². The summed E-state index contributed by atoms with van der Waals surface area (Å²) in [6, 6.07) is 12.2. The van der Waals surface area contributed by atoms with E-state index in [9.17, 15) is 19.6 Å². The lowest BCUT2D eigenvalue weighted by Gasteiger charge is -2.63. The molecule has 2 aromatic heterocycles. The van der Waals surface area contributed by atoms with Crippen LogP contribution in [-0.2, 0) is 9.53 Å². The fourth-order valence-corrected chi connectivity index (χ4v) is 11.7. The first kappa shape index (κ1) is 47.8. The molecule has 0 bridgehead atoms. The van der Waals surface area contributed by atoms with Gasteiger partial charge in [-0.25, -0.2) is 15.0 Å². The zero-order valence-electron chi connectivity index (χ0n) is 40.4. The van der Waals surface area contributed by atoms with Gasteiger partial charge in [0.15, 0.2) is 5.82 Å². The Morgan fingerprint density at radius 1 is 0.899 bits per heavy atom. The Labute approximate surface area is 408 Å². The number of rotatable bonds is 14. The number of benzene rings is 2.